The molecule has 4 aliphatic rings. The fourth-order valence-electron chi connectivity index (χ4n) is 6.90. The summed E-state index contributed by atoms with van der Waals surface area (Å²) in [5.41, 5.74) is 4.56. The molecule has 1 saturated heterocycles. The maximum Gasteiger partial charge on any atom is 0.255 e. The van der Waals surface area contributed by atoms with Crippen LogP contribution in [0.15, 0.2) is 46.0 Å². The van der Waals surface area contributed by atoms with Gasteiger partial charge in [0.15, 0.2) is 11.4 Å². The summed E-state index contributed by atoms with van der Waals surface area (Å²) >= 11 is 0. The third-order valence-corrected chi connectivity index (χ3v) is 8.82. The van der Waals surface area contributed by atoms with Crippen LogP contribution in [0.25, 0.3) is 16.9 Å². The SMILES string of the molecule is NC(=O)C1=C(O)[C@@]2(O)C(=O)C3=C(O)c4c(O)c(CN5CCCCC5)cc(-c5ccoc5)c4CC3CC2CC1=O. The molecule has 204 valence electrons. The van der Waals surface area contributed by atoms with E-state index in [-0.39, 0.29) is 36.1 Å². The predicted octanol–water partition coefficient (Wildman–Crippen LogP) is 2.67. The molecule has 0 bridgehead atoms. The zero-order valence-electron chi connectivity index (χ0n) is 21.3. The van der Waals surface area contributed by atoms with Gasteiger partial charge in [0, 0.05) is 35.6 Å². The Labute approximate surface area is 224 Å². The summed E-state index contributed by atoms with van der Waals surface area (Å²) in [4.78, 5) is 40.5. The molecule has 0 spiro atoms. The van der Waals surface area contributed by atoms with Gasteiger partial charge in [-0.1, -0.05) is 6.42 Å². The maximum atomic E-state index is 13.8. The number of phenols is 1. The maximum absolute atomic E-state index is 13.8. The van der Waals surface area contributed by atoms with Crippen LogP contribution in [-0.2, 0) is 27.3 Å². The normalized spacial score (nSPS) is 27.3. The van der Waals surface area contributed by atoms with Gasteiger partial charge in [-0.2, -0.15) is 0 Å². The first-order valence-electron chi connectivity index (χ1n) is 13.2. The second-order valence-electron chi connectivity index (χ2n) is 11.0. The molecule has 1 aromatic heterocycles. The zero-order valence-corrected chi connectivity index (χ0v) is 21.3. The minimum atomic E-state index is -2.58. The number of Topliss-reactive ketones (excluding diaryl/α,β-unsaturated/α-hetero) is 2. The largest absolute Gasteiger partial charge is 0.508 e. The Bertz CT molecular complexity index is 1460. The number of aliphatic hydroxyl groups is 3. The lowest BCUT2D eigenvalue weighted by atomic mass is 9.59. The molecule has 1 amide bonds. The molecule has 39 heavy (non-hydrogen) atoms. The Kier molecular flexibility index (Phi) is 5.92. The van der Waals surface area contributed by atoms with Crippen molar-refractivity contribution >= 4 is 23.2 Å². The first kappa shape index (κ1) is 25.4. The van der Waals surface area contributed by atoms with Gasteiger partial charge in [-0.25, -0.2) is 0 Å². The Balaban J connectivity index is 1.52. The van der Waals surface area contributed by atoms with Crippen LogP contribution in [0.1, 0.15) is 48.8 Å². The number of nitrogens with two attached hydrogens (primary N) is 1. The van der Waals surface area contributed by atoms with Crippen molar-refractivity contribution in [3.8, 4) is 16.9 Å². The Morgan fingerprint density at radius 3 is 2.54 bits per heavy atom. The average molecular weight is 535 g/mol. The molecule has 2 heterocycles. The lowest BCUT2D eigenvalue weighted by molar-refractivity contribution is -0.147. The summed E-state index contributed by atoms with van der Waals surface area (Å²) in [5.74, 6) is -6.28. The lowest BCUT2D eigenvalue weighted by Crippen LogP contribution is -2.58. The second kappa shape index (κ2) is 9.10. The van der Waals surface area contributed by atoms with Gasteiger partial charge >= 0.3 is 0 Å². The number of ketones is 2. The summed E-state index contributed by atoms with van der Waals surface area (Å²) in [6.07, 6.45) is 6.35. The number of rotatable bonds is 4. The minimum Gasteiger partial charge on any atom is -0.508 e. The van der Waals surface area contributed by atoms with Gasteiger partial charge in [0.25, 0.3) is 5.91 Å². The van der Waals surface area contributed by atoms with Gasteiger partial charge in [0.1, 0.15) is 22.8 Å². The monoisotopic (exact) mass is 534 g/mol. The van der Waals surface area contributed by atoms with Crippen molar-refractivity contribution in [2.75, 3.05) is 13.1 Å². The molecular formula is C29H30N2O8. The van der Waals surface area contributed by atoms with Crippen LogP contribution in [0, 0.1) is 11.8 Å². The van der Waals surface area contributed by atoms with E-state index in [1.54, 1.807) is 12.3 Å². The van der Waals surface area contributed by atoms with Crippen LogP contribution in [0.5, 0.6) is 5.75 Å². The van der Waals surface area contributed by atoms with E-state index in [2.05, 4.69) is 4.90 Å². The number of benzene rings is 1. The molecule has 1 aromatic carbocycles. The smallest absolute Gasteiger partial charge is 0.255 e. The number of hydrogen-bond donors (Lipinski definition) is 5. The zero-order chi connectivity index (χ0) is 27.6. The number of nitrogens with zero attached hydrogens (tertiary/aromatic N) is 1. The van der Waals surface area contributed by atoms with Crippen LogP contribution >= 0.6 is 0 Å². The third-order valence-electron chi connectivity index (χ3n) is 8.82. The minimum absolute atomic E-state index is 0.0873. The van der Waals surface area contributed by atoms with Crippen LogP contribution in [-0.4, -0.2) is 61.5 Å². The van der Waals surface area contributed by atoms with Crippen LogP contribution < -0.4 is 5.73 Å². The van der Waals surface area contributed by atoms with Gasteiger partial charge < -0.3 is 30.6 Å². The number of primary amides is 1. The molecule has 0 radical (unpaired) electrons. The molecule has 3 atom stereocenters. The van der Waals surface area contributed by atoms with E-state index in [9.17, 15) is 34.8 Å². The topological polar surface area (TPSA) is 175 Å². The molecule has 2 fully saturated rings. The highest BCUT2D eigenvalue weighted by Gasteiger charge is 2.60. The first-order valence-corrected chi connectivity index (χ1v) is 13.2. The van der Waals surface area contributed by atoms with Crippen LogP contribution in [0.2, 0.25) is 0 Å². The molecule has 2 aromatic rings. The lowest BCUT2D eigenvalue weighted by Gasteiger charge is -2.46. The van der Waals surface area contributed by atoms with Crippen molar-refractivity contribution in [1.82, 2.24) is 4.90 Å². The van der Waals surface area contributed by atoms with Crippen molar-refractivity contribution in [3.63, 3.8) is 0 Å². The molecule has 1 saturated carbocycles. The first-order chi connectivity index (χ1) is 18.6. The van der Waals surface area contributed by atoms with Crippen molar-refractivity contribution in [1.29, 1.82) is 0 Å². The molecule has 1 aliphatic heterocycles. The van der Waals surface area contributed by atoms with E-state index in [1.807, 2.05) is 6.07 Å². The number of aliphatic hydroxyl groups excluding tert-OH is 2. The number of piperidine rings is 1. The quantitative estimate of drug-likeness (QED) is 0.369. The highest BCUT2D eigenvalue weighted by Crippen LogP contribution is 2.53. The number of furan rings is 1. The van der Waals surface area contributed by atoms with Crippen molar-refractivity contribution < 1.29 is 39.2 Å². The van der Waals surface area contributed by atoms with E-state index in [4.69, 9.17) is 10.2 Å². The van der Waals surface area contributed by atoms with E-state index in [0.717, 1.165) is 43.5 Å². The van der Waals surface area contributed by atoms with E-state index < -0.39 is 52.0 Å². The third kappa shape index (κ3) is 3.73. The fraction of sp³-hybridized carbons (Fsp3) is 0.414. The number of amides is 1. The van der Waals surface area contributed by atoms with E-state index in [1.165, 1.54) is 6.26 Å². The Morgan fingerprint density at radius 2 is 1.87 bits per heavy atom. The molecule has 3 aliphatic carbocycles. The number of fused-ring (bicyclic) bond motifs is 3. The van der Waals surface area contributed by atoms with Gasteiger partial charge in [-0.15, -0.1) is 0 Å². The number of aromatic hydroxyl groups is 1. The Morgan fingerprint density at radius 1 is 1.13 bits per heavy atom. The van der Waals surface area contributed by atoms with Crippen molar-refractivity contribution in [3.05, 3.63) is 58.3 Å². The summed E-state index contributed by atoms with van der Waals surface area (Å²) in [6.45, 7) is 2.21. The highest BCUT2D eigenvalue weighted by atomic mass is 16.3. The van der Waals surface area contributed by atoms with Crippen LogP contribution in [0.4, 0.5) is 0 Å². The van der Waals surface area contributed by atoms with E-state index >= 15 is 0 Å². The van der Waals surface area contributed by atoms with Gasteiger partial charge in [-0.3, -0.25) is 19.3 Å². The van der Waals surface area contributed by atoms with Gasteiger partial charge in [0.05, 0.1) is 18.1 Å². The standard InChI is InChI=1S/C29H30N2O8/c30-28(37)23-20(32)11-17-8-15-9-19-18(14-4-7-39-13-14)10-16(12-31-5-2-1-3-6-31)24(33)22(19)25(34)21(15)26(35)29(17,38)27(23)36/h4,7,10,13,15,17,33-34,36,38H,1-3,5-6,8-9,11-12H2,(H2,30,37)/t15?,17?,29-/m0/s1. The second-order valence-corrected chi connectivity index (χ2v) is 11.0. The molecule has 6 N–H and O–H groups in total. The number of phenolic OH excluding ortho intramolecular Hbond substituents is 1. The molecular weight excluding hydrogens is 504 g/mol. The summed E-state index contributed by atoms with van der Waals surface area (Å²) in [5, 5.41) is 45.3. The highest BCUT2D eigenvalue weighted by molar-refractivity contribution is 6.22. The fourth-order valence-corrected chi connectivity index (χ4v) is 6.90. The van der Waals surface area contributed by atoms with Crippen molar-refractivity contribution in [2.45, 2.75) is 50.7 Å². The van der Waals surface area contributed by atoms with Crippen LogP contribution in [0.3, 0.4) is 0 Å². The molecule has 6 rings (SSSR count). The molecule has 2 unspecified atom stereocenters. The summed E-state index contributed by atoms with van der Waals surface area (Å²) in [7, 11) is 0. The number of hydrogen-bond acceptors (Lipinski definition) is 9. The molecule has 10 nitrogen and oxygen atoms in total. The van der Waals surface area contributed by atoms with Gasteiger partial charge in [-0.05, 0) is 68.0 Å². The predicted molar refractivity (Wildman–Crippen MR) is 138 cm³/mol. The van der Waals surface area contributed by atoms with E-state index in [0.29, 0.717) is 17.7 Å². The van der Waals surface area contributed by atoms with Gasteiger partial charge in [0.2, 0.25) is 5.78 Å². The van der Waals surface area contributed by atoms with Crippen molar-refractivity contribution in [2.24, 2.45) is 17.6 Å². The number of carbonyl (C=O) groups is 3. The molecule has 10 heteroatoms. The summed E-state index contributed by atoms with van der Waals surface area (Å²) in [6, 6.07) is 3.68. The Hall–Kier alpha value is -3.89. The average Bonchev–Trinajstić information content (AvgIpc) is 3.43. The summed E-state index contributed by atoms with van der Waals surface area (Å²) < 4.78 is 5.32. The number of carbonyl (C=O) groups excluding carboxylic acids is 3. The number of likely N-dealkylation sites (tertiary alicyclic amines) is 1.